The van der Waals surface area contributed by atoms with E-state index in [2.05, 4.69) is 11.0 Å². The summed E-state index contributed by atoms with van der Waals surface area (Å²) in [6, 6.07) is 7.29. The summed E-state index contributed by atoms with van der Waals surface area (Å²) in [5, 5.41) is 8.82. The molecule has 1 aliphatic rings. The van der Waals surface area contributed by atoms with Crippen LogP contribution in [-0.2, 0) is 0 Å². The molecule has 0 amide bonds. The third-order valence-electron chi connectivity index (χ3n) is 2.62. The lowest BCUT2D eigenvalue weighted by atomic mass is 10.2. The summed E-state index contributed by atoms with van der Waals surface area (Å²) >= 11 is 0. The zero-order valence-corrected chi connectivity index (χ0v) is 9.43. The first-order valence-electron chi connectivity index (χ1n) is 5.16. The number of likely N-dealkylation sites (tertiary alicyclic amines) is 1. The molecular weight excluding hydrogens is 204 g/mol. The van der Waals surface area contributed by atoms with Gasteiger partial charge in [0.15, 0.2) is 11.5 Å². The fourth-order valence-corrected chi connectivity index (χ4v) is 1.73. The van der Waals surface area contributed by atoms with Crippen molar-refractivity contribution in [3.63, 3.8) is 0 Å². The summed E-state index contributed by atoms with van der Waals surface area (Å²) in [7, 11) is 3.64. The van der Waals surface area contributed by atoms with E-state index in [4.69, 9.17) is 14.7 Å². The number of hydrogen-bond donors (Lipinski definition) is 0. The molecular formula is C12H14N2O2. The number of benzene rings is 1. The van der Waals surface area contributed by atoms with Crippen LogP contribution in [0.25, 0.3) is 0 Å². The van der Waals surface area contributed by atoms with E-state index < -0.39 is 0 Å². The van der Waals surface area contributed by atoms with Crippen LogP contribution >= 0.6 is 0 Å². The first-order chi connectivity index (χ1) is 7.72. The van der Waals surface area contributed by atoms with Crippen LogP contribution in [0, 0.1) is 11.3 Å². The highest BCUT2D eigenvalue weighted by Crippen LogP contribution is 2.29. The average molecular weight is 218 g/mol. The molecule has 1 aromatic rings. The Bertz CT molecular complexity index is 420. The van der Waals surface area contributed by atoms with Gasteiger partial charge in [-0.1, -0.05) is 0 Å². The minimum Gasteiger partial charge on any atom is -0.493 e. The topological polar surface area (TPSA) is 45.5 Å². The molecule has 4 nitrogen and oxygen atoms in total. The van der Waals surface area contributed by atoms with Crippen molar-refractivity contribution in [2.75, 3.05) is 27.2 Å². The minimum absolute atomic E-state index is 0.202. The second kappa shape index (κ2) is 4.42. The van der Waals surface area contributed by atoms with Crippen molar-refractivity contribution in [2.24, 2.45) is 0 Å². The maximum absolute atomic E-state index is 8.82. The molecule has 0 aromatic heterocycles. The average Bonchev–Trinajstić information content (AvgIpc) is 2.27. The molecule has 1 heterocycles. The van der Waals surface area contributed by atoms with Gasteiger partial charge >= 0.3 is 0 Å². The SMILES string of the molecule is COc1ccc(C#N)cc1OC1CN(C)C1. The van der Waals surface area contributed by atoms with Gasteiger partial charge in [-0.15, -0.1) is 0 Å². The van der Waals surface area contributed by atoms with Gasteiger partial charge in [0.05, 0.1) is 18.7 Å². The summed E-state index contributed by atoms with van der Waals surface area (Å²) in [5.74, 6) is 1.33. The van der Waals surface area contributed by atoms with Gasteiger partial charge in [0.2, 0.25) is 0 Å². The summed E-state index contributed by atoms with van der Waals surface area (Å²) in [6.45, 7) is 1.83. The highest BCUT2D eigenvalue weighted by molar-refractivity contribution is 5.46. The Morgan fingerprint density at radius 1 is 1.38 bits per heavy atom. The van der Waals surface area contributed by atoms with E-state index in [9.17, 15) is 0 Å². The number of rotatable bonds is 3. The molecule has 0 N–H and O–H groups in total. The molecule has 0 bridgehead atoms. The lowest BCUT2D eigenvalue weighted by Gasteiger charge is -2.36. The Balaban J connectivity index is 2.14. The van der Waals surface area contributed by atoms with Gasteiger partial charge in [-0.3, -0.25) is 4.90 Å². The molecule has 0 aliphatic carbocycles. The predicted molar refractivity (Wildman–Crippen MR) is 59.6 cm³/mol. The van der Waals surface area contributed by atoms with Crippen molar-refractivity contribution in [3.8, 4) is 17.6 Å². The fraction of sp³-hybridized carbons (Fsp3) is 0.417. The largest absolute Gasteiger partial charge is 0.493 e. The molecule has 1 fully saturated rings. The van der Waals surface area contributed by atoms with E-state index in [0.717, 1.165) is 13.1 Å². The van der Waals surface area contributed by atoms with Crippen molar-refractivity contribution in [1.29, 1.82) is 5.26 Å². The first kappa shape index (κ1) is 10.8. The monoisotopic (exact) mass is 218 g/mol. The van der Waals surface area contributed by atoms with Gasteiger partial charge in [0.1, 0.15) is 6.10 Å². The van der Waals surface area contributed by atoms with Crippen molar-refractivity contribution in [1.82, 2.24) is 4.90 Å². The Kier molecular flexibility index (Phi) is 2.97. The summed E-state index contributed by atoms with van der Waals surface area (Å²) in [6.07, 6.45) is 0.202. The van der Waals surface area contributed by atoms with Crippen LogP contribution in [0.1, 0.15) is 5.56 Å². The molecule has 84 valence electrons. The lowest BCUT2D eigenvalue weighted by molar-refractivity contribution is 0.0369. The van der Waals surface area contributed by atoms with Gasteiger partial charge in [-0.25, -0.2) is 0 Å². The van der Waals surface area contributed by atoms with Gasteiger partial charge in [-0.05, 0) is 19.2 Å². The molecule has 1 aliphatic heterocycles. The Morgan fingerprint density at radius 2 is 2.12 bits per heavy atom. The smallest absolute Gasteiger partial charge is 0.163 e. The van der Waals surface area contributed by atoms with Crippen LogP contribution in [0.3, 0.4) is 0 Å². The molecule has 0 atom stereocenters. The van der Waals surface area contributed by atoms with Crippen LogP contribution in [0.15, 0.2) is 18.2 Å². The number of nitriles is 1. The Hall–Kier alpha value is -1.73. The number of ether oxygens (including phenoxy) is 2. The summed E-state index contributed by atoms with van der Waals surface area (Å²) < 4.78 is 11.0. The van der Waals surface area contributed by atoms with Crippen molar-refractivity contribution in [2.45, 2.75) is 6.10 Å². The van der Waals surface area contributed by atoms with Gasteiger partial charge in [-0.2, -0.15) is 5.26 Å². The van der Waals surface area contributed by atoms with E-state index in [0.29, 0.717) is 17.1 Å². The summed E-state index contributed by atoms with van der Waals surface area (Å²) in [5.41, 5.74) is 0.587. The normalized spacial score (nSPS) is 16.3. The molecule has 0 saturated carbocycles. The minimum atomic E-state index is 0.202. The van der Waals surface area contributed by atoms with Gasteiger partial charge < -0.3 is 9.47 Å². The van der Waals surface area contributed by atoms with Gasteiger partial charge in [0.25, 0.3) is 0 Å². The van der Waals surface area contributed by atoms with E-state index in [1.165, 1.54) is 0 Å². The standard InChI is InChI=1S/C12H14N2O2/c1-14-7-10(8-14)16-12-5-9(6-13)3-4-11(12)15-2/h3-5,10H,7-8H2,1-2H3. The van der Waals surface area contributed by atoms with E-state index in [1.807, 2.05) is 7.05 Å². The van der Waals surface area contributed by atoms with Crippen molar-refractivity contribution in [3.05, 3.63) is 23.8 Å². The summed E-state index contributed by atoms with van der Waals surface area (Å²) in [4.78, 5) is 2.17. The molecule has 0 radical (unpaired) electrons. The van der Waals surface area contributed by atoms with Gasteiger partial charge in [0, 0.05) is 19.2 Å². The quantitative estimate of drug-likeness (QED) is 0.766. The van der Waals surface area contributed by atoms with Crippen LogP contribution in [0.2, 0.25) is 0 Å². The van der Waals surface area contributed by atoms with E-state index >= 15 is 0 Å². The second-order valence-corrected chi connectivity index (χ2v) is 3.94. The zero-order valence-electron chi connectivity index (χ0n) is 9.43. The molecule has 0 spiro atoms. The Labute approximate surface area is 95.0 Å². The molecule has 4 heteroatoms. The molecule has 2 rings (SSSR count). The highest BCUT2D eigenvalue weighted by atomic mass is 16.5. The molecule has 1 aromatic carbocycles. The number of nitrogens with zero attached hydrogens (tertiary/aromatic N) is 2. The van der Waals surface area contributed by atoms with Crippen LogP contribution in [0.5, 0.6) is 11.5 Å². The first-order valence-corrected chi connectivity index (χ1v) is 5.16. The maximum atomic E-state index is 8.82. The van der Waals surface area contributed by atoms with Crippen LogP contribution < -0.4 is 9.47 Å². The van der Waals surface area contributed by atoms with E-state index in [-0.39, 0.29) is 6.10 Å². The molecule has 16 heavy (non-hydrogen) atoms. The third-order valence-corrected chi connectivity index (χ3v) is 2.62. The predicted octanol–water partition coefficient (Wildman–Crippen LogP) is 1.26. The maximum Gasteiger partial charge on any atom is 0.163 e. The van der Waals surface area contributed by atoms with Crippen LogP contribution in [-0.4, -0.2) is 38.3 Å². The number of methoxy groups -OCH3 is 1. The number of hydrogen-bond acceptors (Lipinski definition) is 4. The second-order valence-electron chi connectivity index (χ2n) is 3.94. The number of likely N-dealkylation sites (N-methyl/N-ethyl adjacent to an activating group) is 1. The Morgan fingerprint density at radius 3 is 2.69 bits per heavy atom. The third kappa shape index (κ3) is 2.10. The fourth-order valence-electron chi connectivity index (χ4n) is 1.73. The zero-order chi connectivity index (χ0) is 11.5. The van der Waals surface area contributed by atoms with Crippen molar-refractivity contribution < 1.29 is 9.47 Å². The van der Waals surface area contributed by atoms with Crippen LogP contribution in [0.4, 0.5) is 0 Å². The highest BCUT2D eigenvalue weighted by Gasteiger charge is 2.25. The molecule has 0 unspecified atom stereocenters. The lowest BCUT2D eigenvalue weighted by Crippen LogP contribution is -2.51. The van der Waals surface area contributed by atoms with E-state index in [1.54, 1.807) is 25.3 Å². The molecule has 1 saturated heterocycles. The van der Waals surface area contributed by atoms with Crippen molar-refractivity contribution >= 4 is 0 Å².